The molecule has 68 valence electrons. The largest absolute Gasteiger partial charge is 0.381 e. The third kappa shape index (κ3) is 10.1. The van der Waals surface area contributed by atoms with E-state index < -0.39 is 8.41 Å². The Bertz CT molecular complexity index is 90.6. The smallest absolute Gasteiger partial charge is 0.241 e. The minimum absolute atomic E-state index is 0.730. The zero-order valence-corrected chi connectivity index (χ0v) is 8.82. The van der Waals surface area contributed by atoms with Crippen molar-refractivity contribution >= 4 is 8.41 Å². The van der Waals surface area contributed by atoms with Gasteiger partial charge in [0.05, 0.1) is 0 Å². The van der Waals surface area contributed by atoms with E-state index in [9.17, 15) is 4.11 Å². The summed E-state index contributed by atoms with van der Waals surface area (Å²) in [5, 5.41) is 0. The molecule has 0 heterocycles. The number of ether oxygens (including phenoxy) is 1. The molecule has 0 rings (SSSR count). The third-order valence-electron chi connectivity index (χ3n) is 1.41. The molecule has 1 nitrogen and oxygen atoms in total. The van der Waals surface area contributed by atoms with Gasteiger partial charge in [-0.05, 0) is 32.0 Å². The standard InChI is InChI=1S/C8H19FOSi/c1-4-6-10-7-5-8-11(2,3)9/h4-8H2,1-3H3. The maximum atomic E-state index is 13.0. The summed E-state index contributed by atoms with van der Waals surface area (Å²) in [5.74, 6) is 0. The highest BCUT2D eigenvalue weighted by Gasteiger charge is 2.18. The number of hydrogen-bond donors (Lipinski definition) is 0. The van der Waals surface area contributed by atoms with Crippen molar-refractivity contribution in [3.05, 3.63) is 0 Å². The molecule has 0 aliphatic rings. The Morgan fingerprint density at radius 3 is 2.36 bits per heavy atom. The van der Waals surface area contributed by atoms with Crippen LogP contribution in [-0.4, -0.2) is 21.6 Å². The van der Waals surface area contributed by atoms with Crippen molar-refractivity contribution in [2.45, 2.75) is 38.9 Å². The van der Waals surface area contributed by atoms with Gasteiger partial charge in [0.25, 0.3) is 0 Å². The summed E-state index contributed by atoms with van der Waals surface area (Å²) in [7, 11) is -2.30. The van der Waals surface area contributed by atoms with Gasteiger partial charge in [0.2, 0.25) is 8.41 Å². The lowest BCUT2D eigenvalue weighted by Crippen LogP contribution is -2.18. The highest BCUT2D eigenvalue weighted by molar-refractivity contribution is 6.70. The topological polar surface area (TPSA) is 9.23 Å². The Kier molecular flexibility index (Phi) is 5.77. The van der Waals surface area contributed by atoms with Crippen LogP contribution in [0.5, 0.6) is 0 Å². The van der Waals surface area contributed by atoms with Gasteiger partial charge in [-0.1, -0.05) is 6.92 Å². The van der Waals surface area contributed by atoms with E-state index in [1.165, 1.54) is 0 Å². The first-order chi connectivity index (χ1) is 5.06. The van der Waals surface area contributed by atoms with Gasteiger partial charge in [-0.15, -0.1) is 0 Å². The van der Waals surface area contributed by atoms with E-state index in [0.717, 1.165) is 32.1 Å². The van der Waals surface area contributed by atoms with Gasteiger partial charge in [0, 0.05) is 13.2 Å². The lowest BCUT2D eigenvalue weighted by molar-refractivity contribution is 0.135. The first-order valence-corrected chi connectivity index (χ1v) is 7.41. The molecule has 0 bridgehead atoms. The average Bonchev–Trinajstić information content (AvgIpc) is 1.85. The van der Waals surface area contributed by atoms with Crippen molar-refractivity contribution in [2.24, 2.45) is 0 Å². The number of halogens is 1. The lowest BCUT2D eigenvalue weighted by Gasteiger charge is -2.09. The maximum Gasteiger partial charge on any atom is 0.241 e. The molecule has 0 saturated heterocycles. The van der Waals surface area contributed by atoms with Crippen LogP contribution in [0.2, 0.25) is 19.1 Å². The van der Waals surface area contributed by atoms with Gasteiger partial charge in [-0.3, -0.25) is 0 Å². The highest BCUT2D eigenvalue weighted by atomic mass is 28.4. The molecule has 0 radical (unpaired) electrons. The van der Waals surface area contributed by atoms with Crippen LogP contribution in [-0.2, 0) is 4.74 Å². The molecule has 0 N–H and O–H groups in total. The maximum absolute atomic E-state index is 13.0. The van der Waals surface area contributed by atoms with Gasteiger partial charge in [0.1, 0.15) is 0 Å². The normalized spacial score (nSPS) is 12.0. The quantitative estimate of drug-likeness (QED) is 0.345. The zero-order valence-electron chi connectivity index (χ0n) is 7.82. The molecule has 0 spiro atoms. The molecule has 3 heteroatoms. The molecule has 0 aromatic carbocycles. The van der Waals surface area contributed by atoms with Crippen molar-refractivity contribution < 1.29 is 8.84 Å². The van der Waals surface area contributed by atoms with Crippen LogP contribution >= 0.6 is 0 Å². The summed E-state index contributed by atoms with van der Waals surface area (Å²) >= 11 is 0. The first-order valence-electron chi connectivity index (χ1n) is 4.33. The average molecular weight is 178 g/mol. The third-order valence-corrected chi connectivity index (χ3v) is 2.95. The van der Waals surface area contributed by atoms with E-state index in [4.69, 9.17) is 4.74 Å². The molecule has 0 aromatic rings. The fourth-order valence-electron chi connectivity index (χ4n) is 0.841. The molecule has 0 unspecified atom stereocenters. The second kappa shape index (κ2) is 5.72. The van der Waals surface area contributed by atoms with Crippen molar-refractivity contribution in [3.63, 3.8) is 0 Å². The number of rotatable bonds is 6. The highest BCUT2D eigenvalue weighted by Crippen LogP contribution is 2.12. The van der Waals surface area contributed by atoms with E-state index in [-0.39, 0.29) is 0 Å². The van der Waals surface area contributed by atoms with Crippen LogP contribution < -0.4 is 0 Å². The molecule has 0 atom stereocenters. The summed E-state index contributed by atoms with van der Waals surface area (Å²) in [5.41, 5.74) is 0. The van der Waals surface area contributed by atoms with Gasteiger partial charge < -0.3 is 8.84 Å². The van der Waals surface area contributed by atoms with Gasteiger partial charge >= 0.3 is 0 Å². The Balaban J connectivity index is 3.02. The molecule has 0 aromatic heterocycles. The predicted octanol–water partition coefficient (Wildman–Crippen LogP) is 2.98. The number of hydrogen-bond acceptors (Lipinski definition) is 1. The zero-order chi connectivity index (χ0) is 8.74. The summed E-state index contributed by atoms with van der Waals surface area (Å²) in [6, 6.07) is 0.733. The Hall–Kier alpha value is 0.107. The van der Waals surface area contributed by atoms with Crippen molar-refractivity contribution in [2.75, 3.05) is 13.2 Å². The fraction of sp³-hybridized carbons (Fsp3) is 1.00. The van der Waals surface area contributed by atoms with Gasteiger partial charge in [-0.25, -0.2) is 0 Å². The summed E-state index contributed by atoms with van der Waals surface area (Å²) < 4.78 is 18.2. The Morgan fingerprint density at radius 1 is 1.27 bits per heavy atom. The van der Waals surface area contributed by atoms with E-state index in [2.05, 4.69) is 6.92 Å². The monoisotopic (exact) mass is 178 g/mol. The van der Waals surface area contributed by atoms with Crippen LogP contribution in [0.1, 0.15) is 19.8 Å². The predicted molar refractivity (Wildman–Crippen MR) is 49.1 cm³/mol. The first kappa shape index (κ1) is 11.1. The minimum atomic E-state index is -2.30. The molecule has 0 saturated carbocycles. The minimum Gasteiger partial charge on any atom is -0.381 e. The molecular weight excluding hydrogens is 159 g/mol. The molecule has 0 aliphatic carbocycles. The SMILES string of the molecule is CCCOCCC[Si](C)(C)F. The van der Waals surface area contributed by atoms with Crippen LogP contribution in [0.4, 0.5) is 4.11 Å². The van der Waals surface area contributed by atoms with Gasteiger partial charge in [-0.2, -0.15) is 0 Å². The van der Waals surface area contributed by atoms with Crippen molar-refractivity contribution in [1.82, 2.24) is 0 Å². The van der Waals surface area contributed by atoms with Crippen LogP contribution in [0.3, 0.4) is 0 Å². The summed E-state index contributed by atoms with van der Waals surface area (Å²) in [4.78, 5) is 0. The van der Waals surface area contributed by atoms with Crippen LogP contribution in [0.15, 0.2) is 0 Å². The molecule has 0 aliphatic heterocycles. The van der Waals surface area contributed by atoms with Crippen LogP contribution in [0.25, 0.3) is 0 Å². The summed E-state index contributed by atoms with van der Waals surface area (Å²) in [6.07, 6.45) is 1.94. The van der Waals surface area contributed by atoms with E-state index in [1.54, 1.807) is 13.1 Å². The molecule has 0 amide bonds. The molecule has 0 fully saturated rings. The van der Waals surface area contributed by atoms with Gasteiger partial charge in [0.15, 0.2) is 0 Å². The van der Waals surface area contributed by atoms with E-state index >= 15 is 0 Å². The lowest BCUT2D eigenvalue weighted by atomic mass is 10.5. The Morgan fingerprint density at radius 2 is 1.91 bits per heavy atom. The second-order valence-electron chi connectivity index (χ2n) is 3.43. The van der Waals surface area contributed by atoms with Crippen molar-refractivity contribution in [1.29, 1.82) is 0 Å². The Labute approximate surface area is 70.1 Å². The van der Waals surface area contributed by atoms with Crippen molar-refractivity contribution in [3.8, 4) is 0 Å². The van der Waals surface area contributed by atoms with E-state index in [0.29, 0.717) is 0 Å². The molecule has 11 heavy (non-hydrogen) atoms. The van der Waals surface area contributed by atoms with Crippen LogP contribution in [0, 0.1) is 0 Å². The van der Waals surface area contributed by atoms with E-state index in [1.807, 2.05) is 0 Å². The second-order valence-corrected chi connectivity index (χ2v) is 7.37. The summed E-state index contributed by atoms with van der Waals surface area (Å²) in [6.45, 7) is 7.11. The fourth-order valence-corrected chi connectivity index (χ4v) is 1.83. The molecular formula is C8H19FOSi.